The minimum Gasteiger partial charge on any atom is -0.307 e. The Morgan fingerprint density at radius 1 is 1.27 bits per heavy atom. The largest absolute Gasteiger partial charge is 0.307 e. The molecule has 22 heavy (non-hydrogen) atoms. The van der Waals surface area contributed by atoms with Gasteiger partial charge in [-0.2, -0.15) is 10.2 Å². The molecule has 0 aliphatic heterocycles. The van der Waals surface area contributed by atoms with Crippen molar-refractivity contribution in [2.45, 2.75) is 60.3 Å². The van der Waals surface area contributed by atoms with E-state index < -0.39 is 0 Å². The fourth-order valence-corrected chi connectivity index (χ4v) is 2.42. The third kappa shape index (κ3) is 5.14. The standard InChI is InChI=1S/C16H27N5.ClH/c1-5-8-20-12-15(14(4)19-20)9-17-10-16-6-7-18-21(16)11-13(2)3;/h6-7,12-13,17H,5,8-11H2,1-4H3;1H. The van der Waals surface area contributed by atoms with Gasteiger partial charge in [-0.05, 0) is 25.3 Å². The van der Waals surface area contributed by atoms with E-state index in [4.69, 9.17) is 0 Å². The molecule has 2 aromatic heterocycles. The highest BCUT2D eigenvalue weighted by atomic mass is 35.5. The number of halogens is 1. The summed E-state index contributed by atoms with van der Waals surface area (Å²) in [5.41, 5.74) is 3.63. The highest BCUT2D eigenvalue weighted by molar-refractivity contribution is 5.85. The van der Waals surface area contributed by atoms with Gasteiger partial charge in [0.1, 0.15) is 0 Å². The van der Waals surface area contributed by atoms with Crippen LogP contribution in [0.15, 0.2) is 18.5 Å². The summed E-state index contributed by atoms with van der Waals surface area (Å²) < 4.78 is 4.13. The lowest BCUT2D eigenvalue weighted by Gasteiger charge is -2.10. The van der Waals surface area contributed by atoms with Crippen LogP contribution in [0.2, 0.25) is 0 Å². The van der Waals surface area contributed by atoms with Crippen molar-refractivity contribution >= 4 is 12.4 Å². The third-order valence-electron chi connectivity index (χ3n) is 3.46. The van der Waals surface area contributed by atoms with Gasteiger partial charge < -0.3 is 5.32 Å². The van der Waals surface area contributed by atoms with Crippen molar-refractivity contribution in [2.75, 3.05) is 0 Å². The van der Waals surface area contributed by atoms with Crippen molar-refractivity contribution in [3.63, 3.8) is 0 Å². The average molecular weight is 326 g/mol. The molecule has 0 atom stereocenters. The second-order valence-corrected chi connectivity index (χ2v) is 6.00. The SMILES string of the molecule is CCCn1cc(CNCc2ccnn2CC(C)C)c(C)n1.Cl. The van der Waals surface area contributed by atoms with E-state index in [1.54, 1.807) is 0 Å². The van der Waals surface area contributed by atoms with Gasteiger partial charge in [0.05, 0.1) is 11.4 Å². The Bertz CT molecular complexity index is 559. The molecule has 0 radical (unpaired) electrons. The lowest BCUT2D eigenvalue weighted by molar-refractivity contribution is 0.461. The van der Waals surface area contributed by atoms with Crippen molar-refractivity contribution in [3.8, 4) is 0 Å². The van der Waals surface area contributed by atoms with Crippen LogP contribution in [0.5, 0.6) is 0 Å². The van der Waals surface area contributed by atoms with Gasteiger partial charge in [-0.15, -0.1) is 12.4 Å². The number of hydrogen-bond acceptors (Lipinski definition) is 3. The minimum absolute atomic E-state index is 0. The molecule has 0 bridgehead atoms. The van der Waals surface area contributed by atoms with Gasteiger partial charge in [-0.25, -0.2) is 0 Å². The summed E-state index contributed by atoms with van der Waals surface area (Å²) in [6, 6.07) is 2.09. The molecule has 0 fully saturated rings. The molecule has 0 aromatic carbocycles. The quantitative estimate of drug-likeness (QED) is 0.811. The monoisotopic (exact) mass is 325 g/mol. The zero-order chi connectivity index (χ0) is 15.2. The number of hydrogen-bond donors (Lipinski definition) is 1. The molecule has 0 amide bonds. The maximum atomic E-state index is 4.53. The first kappa shape index (κ1) is 18.7. The second-order valence-electron chi connectivity index (χ2n) is 6.00. The summed E-state index contributed by atoms with van der Waals surface area (Å²) in [4.78, 5) is 0. The molecule has 0 aliphatic rings. The number of rotatable bonds is 8. The Morgan fingerprint density at radius 3 is 2.73 bits per heavy atom. The maximum Gasteiger partial charge on any atom is 0.0638 e. The Balaban J connectivity index is 0.00000242. The third-order valence-corrected chi connectivity index (χ3v) is 3.46. The summed E-state index contributed by atoms with van der Waals surface area (Å²) in [6.45, 7) is 12.3. The maximum absolute atomic E-state index is 4.53. The van der Waals surface area contributed by atoms with E-state index in [0.29, 0.717) is 5.92 Å². The molecule has 0 spiro atoms. The van der Waals surface area contributed by atoms with Crippen molar-refractivity contribution in [3.05, 3.63) is 35.4 Å². The van der Waals surface area contributed by atoms with Gasteiger partial charge in [-0.3, -0.25) is 9.36 Å². The summed E-state index contributed by atoms with van der Waals surface area (Å²) in [5.74, 6) is 0.609. The molecular formula is C16H28ClN5. The van der Waals surface area contributed by atoms with E-state index in [0.717, 1.165) is 38.3 Å². The van der Waals surface area contributed by atoms with Gasteiger partial charge in [0.15, 0.2) is 0 Å². The first-order valence-corrected chi connectivity index (χ1v) is 7.84. The Morgan fingerprint density at radius 2 is 2.05 bits per heavy atom. The number of aromatic nitrogens is 4. The molecule has 5 nitrogen and oxygen atoms in total. The number of nitrogens with zero attached hydrogens (tertiary/aromatic N) is 4. The van der Waals surface area contributed by atoms with Gasteiger partial charge in [-0.1, -0.05) is 20.8 Å². The molecule has 0 aliphatic carbocycles. The van der Waals surface area contributed by atoms with E-state index in [1.807, 2.05) is 10.9 Å². The van der Waals surface area contributed by atoms with E-state index in [2.05, 4.69) is 60.2 Å². The Labute approximate surface area is 139 Å². The zero-order valence-electron chi connectivity index (χ0n) is 14.0. The van der Waals surface area contributed by atoms with Crippen LogP contribution < -0.4 is 5.32 Å². The molecule has 6 heteroatoms. The fourth-order valence-electron chi connectivity index (χ4n) is 2.42. The first-order valence-electron chi connectivity index (χ1n) is 7.84. The first-order chi connectivity index (χ1) is 10.1. The molecule has 1 N–H and O–H groups in total. The Hall–Kier alpha value is -1.33. The van der Waals surface area contributed by atoms with Gasteiger partial charge in [0.25, 0.3) is 0 Å². The van der Waals surface area contributed by atoms with E-state index in [9.17, 15) is 0 Å². The summed E-state index contributed by atoms with van der Waals surface area (Å²) in [6.07, 6.45) is 5.14. The van der Waals surface area contributed by atoms with Crippen LogP contribution in [0.25, 0.3) is 0 Å². The number of aryl methyl sites for hydroxylation is 2. The molecule has 2 rings (SSSR count). The van der Waals surface area contributed by atoms with Gasteiger partial charge in [0.2, 0.25) is 0 Å². The van der Waals surface area contributed by atoms with Crippen molar-refractivity contribution < 1.29 is 0 Å². The van der Waals surface area contributed by atoms with E-state index in [-0.39, 0.29) is 12.4 Å². The highest BCUT2D eigenvalue weighted by Crippen LogP contribution is 2.08. The smallest absolute Gasteiger partial charge is 0.0638 e. The second kappa shape index (κ2) is 8.96. The predicted octanol–water partition coefficient (Wildman–Crippen LogP) is 3.17. The Kier molecular flexibility index (Phi) is 7.62. The van der Waals surface area contributed by atoms with Crippen LogP contribution in [0.3, 0.4) is 0 Å². The topological polar surface area (TPSA) is 47.7 Å². The summed E-state index contributed by atoms with van der Waals surface area (Å²) in [7, 11) is 0. The molecule has 124 valence electrons. The van der Waals surface area contributed by atoms with E-state index >= 15 is 0 Å². The minimum atomic E-state index is 0. The zero-order valence-corrected chi connectivity index (χ0v) is 14.9. The van der Waals surface area contributed by atoms with Gasteiger partial charge in [0, 0.05) is 44.1 Å². The fraction of sp³-hybridized carbons (Fsp3) is 0.625. The van der Waals surface area contributed by atoms with Crippen LogP contribution >= 0.6 is 12.4 Å². The van der Waals surface area contributed by atoms with Crippen LogP contribution in [-0.2, 0) is 26.2 Å². The molecule has 0 unspecified atom stereocenters. The van der Waals surface area contributed by atoms with Crippen molar-refractivity contribution in [2.24, 2.45) is 5.92 Å². The van der Waals surface area contributed by atoms with Gasteiger partial charge >= 0.3 is 0 Å². The molecule has 2 aromatic rings. The highest BCUT2D eigenvalue weighted by Gasteiger charge is 2.07. The van der Waals surface area contributed by atoms with Crippen LogP contribution in [-0.4, -0.2) is 19.6 Å². The average Bonchev–Trinajstić information content (AvgIpc) is 2.98. The van der Waals surface area contributed by atoms with Crippen LogP contribution in [0, 0.1) is 12.8 Å². The summed E-state index contributed by atoms with van der Waals surface area (Å²) in [5, 5.41) is 12.4. The molecule has 2 heterocycles. The number of nitrogens with one attached hydrogen (secondary N) is 1. The lowest BCUT2D eigenvalue weighted by atomic mass is 10.2. The van der Waals surface area contributed by atoms with Crippen molar-refractivity contribution in [1.29, 1.82) is 0 Å². The summed E-state index contributed by atoms with van der Waals surface area (Å²) >= 11 is 0. The lowest BCUT2D eigenvalue weighted by Crippen LogP contribution is -2.18. The molecule has 0 saturated heterocycles. The normalized spacial score (nSPS) is 11.0. The van der Waals surface area contributed by atoms with Crippen molar-refractivity contribution in [1.82, 2.24) is 24.9 Å². The molecular weight excluding hydrogens is 298 g/mol. The predicted molar refractivity (Wildman–Crippen MR) is 92.1 cm³/mol. The molecule has 0 saturated carbocycles. The van der Waals surface area contributed by atoms with E-state index in [1.165, 1.54) is 11.3 Å². The van der Waals surface area contributed by atoms with Crippen LogP contribution in [0.4, 0.5) is 0 Å². The van der Waals surface area contributed by atoms with Crippen LogP contribution in [0.1, 0.15) is 44.1 Å².